The molecule has 1 aliphatic carbocycles. The molecule has 10 heteroatoms. The number of anilines is 2. The Morgan fingerprint density at radius 3 is 2.66 bits per heavy atom. The number of nitrogens with one attached hydrogen (secondary N) is 1. The van der Waals surface area contributed by atoms with E-state index in [1.165, 1.54) is 0 Å². The summed E-state index contributed by atoms with van der Waals surface area (Å²) in [6.07, 6.45) is 5.61. The molecular formula is C19H23N9O. The van der Waals surface area contributed by atoms with E-state index in [1.54, 1.807) is 16.9 Å². The van der Waals surface area contributed by atoms with Crippen LogP contribution in [0.5, 0.6) is 0 Å². The molecule has 3 aromatic heterocycles. The lowest BCUT2D eigenvalue weighted by molar-refractivity contribution is 0.102. The third-order valence-electron chi connectivity index (χ3n) is 5.49. The predicted molar refractivity (Wildman–Crippen MR) is 107 cm³/mol. The molecule has 3 aromatic rings. The predicted octanol–water partition coefficient (Wildman–Crippen LogP) is 1.10. The van der Waals surface area contributed by atoms with Crippen LogP contribution in [0.15, 0.2) is 18.5 Å². The van der Waals surface area contributed by atoms with Gasteiger partial charge < -0.3 is 9.80 Å². The number of amides is 1. The van der Waals surface area contributed by atoms with Crippen molar-refractivity contribution in [3.05, 3.63) is 35.4 Å². The summed E-state index contributed by atoms with van der Waals surface area (Å²) in [5.74, 6) is 1.57. The summed E-state index contributed by atoms with van der Waals surface area (Å²) in [6, 6.07) is 1.96. The van der Waals surface area contributed by atoms with Crippen molar-refractivity contribution < 1.29 is 4.79 Å². The fraction of sp³-hybridized carbons (Fsp3) is 0.474. The molecule has 0 bridgehead atoms. The largest absolute Gasteiger partial charge is 0.338 e. The molecule has 0 unspecified atom stereocenters. The number of fused-ring (bicyclic) bond motifs is 1. The van der Waals surface area contributed by atoms with Crippen LogP contribution in [0, 0.1) is 6.92 Å². The quantitative estimate of drug-likeness (QED) is 0.703. The van der Waals surface area contributed by atoms with Gasteiger partial charge in [0.1, 0.15) is 0 Å². The molecule has 10 nitrogen and oxygen atoms in total. The molecule has 0 atom stereocenters. The minimum atomic E-state index is -0.323. The van der Waals surface area contributed by atoms with Crippen molar-refractivity contribution in [1.82, 2.24) is 34.4 Å². The summed E-state index contributed by atoms with van der Waals surface area (Å²) in [5.41, 5.74) is 2.13. The molecule has 0 aromatic carbocycles. The maximum atomic E-state index is 12.8. The topological polar surface area (TPSA) is 104 Å². The van der Waals surface area contributed by atoms with Crippen molar-refractivity contribution in [2.75, 3.05) is 43.4 Å². The van der Waals surface area contributed by atoms with Crippen LogP contribution in [-0.2, 0) is 0 Å². The van der Waals surface area contributed by atoms with E-state index in [9.17, 15) is 4.79 Å². The Balaban J connectivity index is 1.34. The summed E-state index contributed by atoms with van der Waals surface area (Å²) < 4.78 is 1.72. The number of nitrogens with zero attached hydrogens (tertiary/aromatic N) is 8. The van der Waals surface area contributed by atoms with Crippen LogP contribution >= 0.6 is 0 Å². The maximum Gasteiger partial charge on any atom is 0.261 e. The van der Waals surface area contributed by atoms with Crippen molar-refractivity contribution in [3.8, 4) is 0 Å². The number of aryl methyl sites for hydroxylation is 1. The number of likely N-dealkylation sites (N-methyl/N-ethyl adjacent to an activating group) is 1. The third kappa shape index (κ3) is 3.51. The Kier molecular flexibility index (Phi) is 4.35. The average molecular weight is 393 g/mol. The molecule has 1 saturated heterocycles. The number of rotatable bonds is 4. The molecule has 5 rings (SSSR count). The van der Waals surface area contributed by atoms with Gasteiger partial charge >= 0.3 is 0 Å². The highest BCUT2D eigenvalue weighted by molar-refractivity contribution is 6.04. The first-order valence-electron chi connectivity index (χ1n) is 9.88. The number of hydrogen-bond donors (Lipinski definition) is 1. The molecule has 29 heavy (non-hydrogen) atoms. The number of aromatic nitrogens is 6. The maximum absolute atomic E-state index is 12.8. The zero-order chi connectivity index (χ0) is 20.0. The van der Waals surface area contributed by atoms with Gasteiger partial charge in [0.2, 0.25) is 5.95 Å². The van der Waals surface area contributed by atoms with Gasteiger partial charge in [0.05, 0.1) is 17.0 Å². The first-order chi connectivity index (χ1) is 14.1. The molecule has 1 saturated carbocycles. The van der Waals surface area contributed by atoms with Gasteiger partial charge in [0.25, 0.3) is 17.6 Å². The van der Waals surface area contributed by atoms with Crippen molar-refractivity contribution in [3.63, 3.8) is 0 Å². The summed E-state index contributed by atoms with van der Waals surface area (Å²) in [7, 11) is 2.10. The minimum absolute atomic E-state index is 0.234. The highest BCUT2D eigenvalue weighted by Gasteiger charge is 2.27. The fourth-order valence-electron chi connectivity index (χ4n) is 3.56. The molecule has 2 fully saturated rings. The van der Waals surface area contributed by atoms with E-state index in [4.69, 9.17) is 0 Å². The van der Waals surface area contributed by atoms with Crippen LogP contribution in [0.1, 0.15) is 40.5 Å². The van der Waals surface area contributed by atoms with Crippen LogP contribution in [-0.4, -0.2) is 73.6 Å². The smallest absolute Gasteiger partial charge is 0.261 e. The van der Waals surface area contributed by atoms with Crippen LogP contribution in [0.3, 0.4) is 0 Å². The number of carbonyl (C=O) groups is 1. The fourth-order valence-corrected chi connectivity index (χ4v) is 3.56. The highest BCUT2D eigenvalue weighted by Crippen LogP contribution is 2.39. The second kappa shape index (κ2) is 7.03. The SMILES string of the molecule is Cc1nc(N2CCN(C)CC2)ncc1C(=O)Nc1nc2nccc(C3CC3)n2n1. The Labute approximate surface area is 168 Å². The second-order valence-electron chi connectivity index (χ2n) is 7.70. The van der Waals surface area contributed by atoms with Gasteiger partial charge in [-0.05, 0) is 32.9 Å². The lowest BCUT2D eigenvalue weighted by Crippen LogP contribution is -2.45. The molecule has 2 aliphatic rings. The zero-order valence-electron chi connectivity index (χ0n) is 16.5. The van der Waals surface area contributed by atoms with Gasteiger partial charge in [-0.2, -0.15) is 9.50 Å². The van der Waals surface area contributed by atoms with E-state index < -0.39 is 0 Å². The summed E-state index contributed by atoms with van der Waals surface area (Å²) >= 11 is 0. The van der Waals surface area contributed by atoms with Crippen molar-refractivity contribution in [2.45, 2.75) is 25.7 Å². The standard InChI is InChI=1S/C19H23N9O/c1-12-14(11-21-18(22-12)27-9-7-26(2)8-10-27)16(29)23-17-24-19-20-6-5-15(13-3-4-13)28(19)25-17/h5-6,11,13H,3-4,7-10H2,1-2H3,(H,23,25,29). The van der Waals surface area contributed by atoms with E-state index in [0.717, 1.165) is 44.7 Å². The monoisotopic (exact) mass is 393 g/mol. The first kappa shape index (κ1) is 17.9. The number of piperazine rings is 1. The van der Waals surface area contributed by atoms with E-state index in [2.05, 4.69) is 47.2 Å². The summed E-state index contributed by atoms with van der Waals surface area (Å²) in [6.45, 7) is 5.52. The lowest BCUT2D eigenvalue weighted by atomic mass is 10.2. The van der Waals surface area contributed by atoms with Crippen LogP contribution in [0.4, 0.5) is 11.9 Å². The van der Waals surface area contributed by atoms with Crippen molar-refractivity contribution in [2.24, 2.45) is 0 Å². The zero-order valence-corrected chi connectivity index (χ0v) is 16.5. The summed E-state index contributed by atoms with van der Waals surface area (Å²) in [4.78, 5) is 34.7. The van der Waals surface area contributed by atoms with Crippen LogP contribution in [0.25, 0.3) is 5.78 Å². The molecule has 0 spiro atoms. The molecular weight excluding hydrogens is 370 g/mol. The van der Waals surface area contributed by atoms with Gasteiger partial charge in [-0.1, -0.05) is 0 Å². The van der Waals surface area contributed by atoms with Crippen LogP contribution in [0.2, 0.25) is 0 Å². The summed E-state index contributed by atoms with van der Waals surface area (Å²) in [5, 5.41) is 7.18. The molecule has 1 N–H and O–H groups in total. The minimum Gasteiger partial charge on any atom is -0.338 e. The first-order valence-corrected chi connectivity index (χ1v) is 9.88. The van der Waals surface area contributed by atoms with Crippen molar-refractivity contribution >= 4 is 23.6 Å². The third-order valence-corrected chi connectivity index (χ3v) is 5.49. The van der Waals surface area contributed by atoms with Gasteiger partial charge in [-0.3, -0.25) is 10.1 Å². The molecule has 0 radical (unpaired) electrons. The van der Waals surface area contributed by atoms with Crippen LogP contribution < -0.4 is 10.2 Å². The Hall–Kier alpha value is -3.14. The van der Waals surface area contributed by atoms with E-state index in [1.807, 2.05) is 13.0 Å². The molecule has 1 aliphatic heterocycles. The van der Waals surface area contributed by atoms with E-state index in [-0.39, 0.29) is 11.9 Å². The van der Waals surface area contributed by atoms with Gasteiger partial charge in [0, 0.05) is 44.5 Å². The normalized spacial score (nSPS) is 17.7. The molecule has 1 amide bonds. The Morgan fingerprint density at radius 2 is 1.93 bits per heavy atom. The van der Waals surface area contributed by atoms with Gasteiger partial charge in [0.15, 0.2) is 0 Å². The van der Waals surface area contributed by atoms with E-state index >= 15 is 0 Å². The van der Waals surface area contributed by atoms with Gasteiger partial charge in [-0.15, -0.1) is 5.10 Å². The van der Waals surface area contributed by atoms with Gasteiger partial charge in [-0.25, -0.2) is 15.0 Å². The Bertz CT molecular complexity index is 1070. The highest BCUT2D eigenvalue weighted by atomic mass is 16.1. The molecule has 150 valence electrons. The van der Waals surface area contributed by atoms with Crippen molar-refractivity contribution in [1.29, 1.82) is 0 Å². The van der Waals surface area contributed by atoms with E-state index in [0.29, 0.717) is 28.9 Å². The Morgan fingerprint density at radius 1 is 1.14 bits per heavy atom. The molecule has 4 heterocycles. The lowest BCUT2D eigenvalue weighted by Gasteiger charge is -2.32. The average Bonchev–Trinajstić information content (AvgIpc) is 3.47. The number of carbonyl (C=O) groups excluding carboxylic acids is 1. The number of hydrogen-bond acceptors (Lipinski definition) is 8. The second-order valence-corrected chi connectivity index (χ2v) is 7.70.